The first-order valence-corrected chi connectivity index (χ1v) is 14.7. The number of anilines is 3. The highest BCUT2D eigenvalue weighted by Gasteiger charge is 2.35. The Morgan fingerprint density at radius 1 is 0.955 bits per heavy atom. The van der Waals surface area contributed by atoms with Gasteiger partial charge in [-0.3, -0.25) is 14.9 Å². The molecule has 3 amide bonds. The molecule has 4 aromatic carbocycles. The van der Waals surface area contributed by atoms with Crippen LogP contribution in [0.25, 0.3) is 21.7 Å². The van der Waals surface area contributed by atoms with Crippen LogP contribution in [0.2, 0.25) is 0 Å². The Hall–Kier alpha value is -5.02. The molecule has 9 nitrogen and oxygen atoms in total. The molecule has 4 N–H and O–H groups in total. The van der Waals surface area contributed by atoms with Crippen molar-refractivity contribution < 1.29 is 24.2 Å². The van der Waals surface area contributed by atoms with Crippen molar-refractivity contribution in [1.29, 1.82) is 0 Å². The molecule has 1 aromatic heterocycles. The van der Waals surface area contributed by atoms with E-state index >= 15 is 0 Å². The monoisotopic (exact) mass is 610 g/mol. The zero-order valence-electron chi connectivity index (χ0n) is 24.4. The molecule has 0 saturated carbocycles. The van der Waals surface area contributed by atoms with Gasteiger partial charge in [0.15, 0.2) is 0 Å². The number of rotatable bonds is 5. The van der Waals surface area contributed by atoms with Crippen molar-refractivity contribution in [2.75, 3.05) is 28.0 Å². The molecule has 0 radical (unpaired) electrons. The predicted octanol–water partition coefficient (Wildman–Crippen LogP) is 7.61. The Morgan fingerprint density at radius 3 is 2.36 bits per heavy atom. The smallest absolute Gasteiger partial charge is 0.412 e. The number of fused-ring (bicyclic) bond motifs is 4. The predicted molar refractivity (Wildman–Crippen MR) is 173 cm³/mol. The van der Waals surface area contributed by atoms with Crippen LogP contribution >= 0.6 is 11.6 Å². The first-order chi connectivity index (χ1) is 21.0. The number of halogens is 1. The third-order valence-corrected chi connectivity index (χ3v) is 7.85. The maximum Gasteiger partial charge on any atom is 0.412 e. The number of aromatic nitrogens is 1. The van der Waals surface area contributed by atoms with Crippen molar-refractivity contribution in [3.05, 3.63) is 95.7 Å². The molecular weight excluding hydrogens is 580 g/mol. The molecule has 0 saturated heterocycles. The second-order valence-electron chi connectivity index (χ2n) is 11.8. The minimum absolute atomic E-state index is 0.0746. The van der Waals surface area contributed by atoms with Gasteiger partial charge in [0.1, 0.15) is 17.0 Å². The van der Waals surface area contributed by atoms with Crippen LogP contribution in [0.15, 0.2) is 78.9 Å². The molecule has 1 atom stereocenters. The van der Waals surface area contributed by atoms with Gasteiger partial charge >= 0.3 is 6.09 Å². The maximum absolute atomic E-state index is 13.8. The number of phenolic OH excluding ortho intramolecular Hbond substituents is 1. The molecule has 5 aromatic rings. The molecule has 6 rings (SSSR count). The largest absolute Gasteiger partial charge is 0.507 e. The van der Waals surface area contributed by atoms with E-state index < -0.39 is 11.7 Å². The summed E-state index contributed by atoms with van der Waals surface area (Å²) < 4.78 is 5.25. The van der Waals surface area contributed by atoms with E-state index in [1.807, 2.05) is 24.3 Å². The maximum atomic E-state index is 13.8. The summed E-state index contributed by atoms with van der Waals surface area (Å²) in [6.45, 7) is 5.73. The van der Waals surface area contributed by atoms with Crippen LogP contribution in [0.3, 0.4) is 0 Å². The molecule has 1 aliphatic heterocycles. The lowest BCUT2D eigenvalue weighted by atomic mass is 9.95. The van der Waals surface area contributed by atoms with E-state index in [1.165, 1.54) is 0 Å². The molecule has 224 valence electrons. The zero-order valence-corrected chi connectivity index (χ0v) is 25.2. The van der Waals surface area contributed by atoms with Gasteiger partial charge in [-0.1, -0.05) is 24.3 Å². The third-order valence-electron chi connectivity index (χ3n) is 7.48. The van der Waals surface area contributed by atoms with Crippen molar-refractivity contribution in [2.24, 2.45) is 0 Å². The van der Waals surface area contributed by atoms with E-state index in [2.05, 4.69) is 15.6 Å². The Labute approximate surface area is 258 Å². The Balaban J connectivity index is 1.19. The van der Waals surface area contributed by atoms with Crippen LogP contribution in [0, 0.1) is 0 Å². The Kier molecular flexibility index (Phi) is 7.43. The molecule has 2 heterocycles. The van der Waals surface area contributed by atoms with Gasteiger partial charge in [-0.05, 0) is 80.3 Å². The molecule has 1 aliphatic rings. The lowest BCUT2D eigenvalue weighted by Crippen LogP contribution is -2.30. The number of nitrogens with one attached hydrogen (secondary N) is 3. The summed E-state index contributed by atoms with van der Waals surface area (Å²) in [6.07, 6.45) is -0.577. The van der Waals surface area contributed by atoms with Gasteiger partial charge in [0, 0.05) is 57.6 Å². The summed E-state index contributed by atoms with van der Waals surface area (Å²) in [4.78, 5) is 43.5. The van der Waals surface area contributed by atoms with E-state index in [9.17, 15) is 19.5 Å². The van der Waals surface area contributed by atoms with E-state index in [0.29, 0.717) is 40.7 Å². The number of hydrogen-bond donors (Lipinski definition) is 4. The van der Waals surface area contributed by atoms with Gasteiger partial charge in [0.25, 0.3) is 11.8 Å². The van der Waals surface area contributed by atoms with E-state index in [1.54, 1.807) is 80.3 Å². The number of phenols is 1. The van der Waals surface area contributed by atoms with Crippen LogP contribution < -0.4 is 15.5 Å². The highest BCUT2D eigenvalue weighted by atomic mass is 35.5. The summed E-state index contributed by atoms with van der Waals surface area (Å²) in [6, 6.07) is 22.8. The average molecular weight is 611 g/mol. The molecule has 0 fully saturated rings. The number of carbonyl (C=O) groups is 3. The number of alkyl halides is 1. The fraction of sp³-hybridized carbons (Fsp3) is 0.206. The third kappa shape index (κ3) is 5.66. The van der Waals surface area contributed by atoms with Gasteiger partial charge in [0.2, 0.25) is 0 Å². The highest BCUT2D eigenvalue weighted by molar-refractivity contribution is 6.19. The van der Waals surface area contributed by atoms with E-state index in [-0.39, 0.29) is 23.5 Å². The van der Waals surface area contributed by atoms with Gasteiger partial charge in [-0.25, -0.2) is 4.79 Å². The summed E-state index contributed by atoms with van der Waals surface area (Å²) >= 11 is 6.34. The first kappa shape index (κ1) is 29.1. The second kappa shape index (κ2) is 11.2. The average Bonchev–Trinajstić information content (AvgIpc) is 3.57. The first-order valence-electron chi connectivity index (χ1n) is 14.2. The summed E-state index contributed by atoms with van der Waals surface area (Å²) in [5.41, 5.74) is 3.56. The van der Waals surface area contributed by atoms with Crippen molar-refractivity contribution in [1.82, 2.24) is 4.98 Å². The standard InChI is InChI=1S/C34H31ClN4O5/c1-34(2,3)44-33(43)37-22-10-8-19(9-11-22)31(41)36-23-12-13-26-20(14-23)15-27(38-26)32(42)39-18-21(17-35)30-25-7-5-4-6-24(25)29(40)16-28(30)39/h4-16,21,38,40H,17-18H2,1-3H3,(H,36,41)(H,37,43). The van der Waals surface area contributed by atoms with Crippen LogP contribution in [0.1, 0.15) is 53.1 Å². The number of ether oxygens (including phenoxy) is 1. The second-order valence-corrected chi connectivity index (χ2v) is 12.1. The quantitative estimate of drug-likeness (QED) is 0.153. The molecule has 0 spiro atoms. The van der Waals surface area contributed by atoms with Gasteiger partial charge in [-0.15, -0.1) is 11.6 Å². The minimum atomic E-state index is -0.620. The minimum Gasteiger partial charge on any atom is -0.507 e. The van der Waals surface area contributed by atoms with Gasteiger partial charge < -0.3 is 25.0 Å². The fourth-order valence-electron chi connectivity index (χ4n) is 5.55. The van der Waals surface area contributed by atoms with Crippen LogP contribution in [-0.2, 0) is 4.74 Å². The summed E-state index contributed by atoms with van der Waals surface area (Å²) in [7, 11) is 0. The van der Waals surface area contributed by atoms with Crippen molar-refractivity contribution in [3.8, 4) is 5.75 Å². The van der Waals surface area contributed by atoms with E-state index in [0.717, 1.165) is 27.2 Å². The van der Waals surface area contributed by atoms with Crippen molar-refractivity contribution in [3.63, 3.8) is 0 Å². The summed E-state index contributed by atoms with van der Waals surface area (Å²) in [5.74, 6) is -0.194. The van der Waals surface area contributed by atoms with Crippen LogP contribution in [-0.4, -0.2) is 46.0 Å². The number of nitrogens with zero attached hydrogens (tertiary/aromatic N) is 1. The number of H-pyrrole nitrogens is 1. The number of benzene rings is 4. The van der Waals surface area contributed by atoms with E-state index in [4.69, 9.17) is 16.3 Å². The Morgan fingerprint density at radius 2 is 1.66 bits per heavy atom. The molecule has 0 bridgehead atoms. The molecule has 44 heavy (non-hydrogen) atoms. The van der Waals surface area contributed by atoms with Gasteiger partial charge in [0.05, 0.1) is 5.69 Å². The Bertz CT molecular complexity index is 1930. The number of carbonyl (C=O) groups excluding carboxylic acids is 3. The van der Waals surface area contributed by atoms with Crippen LogP contribution in [0.4, 0.5) is 21.9 Å². The molecular formula is C34H31ClN4O5. The lowest BCUT2D eigenvalue weighted by molar-refractivity contribution is 0.0635. The SMILES string of the molecule is CC(C)(C)OC(=O)Nc1ccc(C(=O)Nc2ccc3[nH]c(C(=O)N4CC(CCl)c5c4cc(O)c4ccccc54)cc3c2)cc1. The molecule has 0 aliphatic carbocycles. The fourth-order valence-corrected chi connectivity index (χ4v) is 5.80. The number of aromatic amines is 1. The lowest BCUT2D eigenvalue weighted by Gasteiger charge is -2.19. The zero-order chi connectivity index (χ0) is 31.2. The van der Waals surface area contributed by atoms with Gasteiger partial charge in [-0.2, -0.15) is 0 Å². The van der Waals surface area contributed by atoms with Crippen LogP contribution in [0.5, 0.6) is 5.75 Å². The number of hydrogen-bond acceptors (Lipinski definition) is 5. The topological polar surface area (TPSA) is 124 Å². The summed E-state index contributed by atoms with van der Waals surface area (Å²) in [5, 5.41) is 18.6. The normalized spacial score (nSPS) is 14.5. The highest BCUT2D eigenvalue weighted by Crippen LogP contribution is 2.45. The number of aromatic hydroxyl groups is 1. The number of amides is 3. The van der Waals surface area contributed by atoms with Crippen molar-refractivity contribution in [2.45, 2.75) is 32.3 Å². The molecule has 10 heteroatoms. The van der Waals surface area contributed by atoms with Crippen molar-refractivity contribution >= 4 is 68.2 Å². The molecule has 1 unspecified atom stereocenters.